The molecule has 148 valence electrons. The van der Waals surface area contributed by atoms with Crippen LogP contribution in [0.25, 0.3) is 17.1 Å². The number of benzene rings is 2. The van der Waals surface area contributed by atoms with Gasteiger partial charge in [0.1, 0.15) is 5.75 Å². The molecule has 1 heterocycles. The maximum absolute atomic E-state index is 12.0. The highest BCUT2D eigenvalue weighted by molar-refractivity contribution is 7.99. The Balaban J connectivity index is 1.93. The molecule has 0 radical (unpaired) electrons. The van der Waals surface area contributed by atoms with Crippen LogP contribution in [0.15, 0.2) is 53.7 Å². The fourth-order valence-electron chi connectivity index (χ4n) is 2.58. The lowest BCUT2D eigenvalue weighted by Crippen LogP contribution is -2.26. The van der Waals surface area contributed by atoms with Crippen molar-refractivity contribution in [3.8, 4) is 28.9 Å². The Morgan fingerprint density at radius 3 is 2.69 bits per heavy atom. The molecule has 0 fully saturated rings. The summed E-state index contributed by atoms with van der Waals surface area (Å²) in [5.41, 5.74) is 1.56. The number of rotatable bonds is 8. The van der Waals surface area contributed by atoms with Gasteiger partial charge >= 0.3 is 0 Å². The summed E-state index contributed by atoms with van der Waals surface area (Å²) in [7, 11) is 1.61. The third kappa shape index (κ3) is 5.08. The lowest BCUT2D eigenvalue weighted by Gasteiger charge is -2.12. The molecule has 0 aliphatic heterocycles. The number of amides is 1. The van der Waals surface area contributed by atoms with Crippen molar-refractivity contribution >= 4 is 29.3 Å². The number of aromatic nitrogens is 3. The van der Waals surface area contributed by atoms with E-state index in [2.05, 4.69) is 15.5 Å². The van der Waals surface area contributed by atoms with Crippen molar-refractivity contribution in [1.29, 1.82) is 5.26 Å². The quantitative estimate of drug-likeness (QED) is 0.435. The van der Waals surface area contributed by atoms with Crippen LogP contribution < -0.4 is 10.1 Å². The summed E-state index contributed by atoms with van der Waals surface area (Å²) in [6.07, 6.45) is 0.273. The highest BCUT2D eigenvalue weighted by Crippen LogP contribution is 2.32. The minimum absolute atomic E-state index is 0.155. The van der Waals surface area contributed by atoms with Crippen LogP contribution in [0.1, 0.15) is 6.42 Å². The molecule has 0 saturated carbocycles. The molecule has 2 aromatic carbocycles. The number of nitriles is 1. The van der Waals surface area contributed by atoms with Gasteiger partial charge in [0.05, 0.1) is 30.4 Å². The standard InChI is InChI=1S/C20H18ClN5O2S/c1-28-15-9-7-14(8-10-15)26-19(16-5-2-3-6-17(16)21)24-25-20(26)29-13-18(27)23-12-4-11-22/h2-3,5-10H,4,12-13H2,1H3,(H,23,27). The fourth-order valence-corrected chi connectivity index (χ4v) is 3.59. The van der Waals surface area contributed by atoms with Gasteiger partial charge in [0.2, 0.25) is 5.91 Å². The predicted molar refractivity (Wildman–Crippen MR) is 112 cm³/mol. The van der Waals surface area contributed by atoms with E-state index in [1.54, 1.807) is 13.2 Å². The monoisotopic (exact) mass is 427 g/mol. The first-order chi connectivity index (χ1) is 14.1. The minimum Gasteiger partial charge on any atom is -0.497 e. The molecule has 3 rings (SSSR count). The van der Waals surface area contributed by atoms with Crippen molar-refractivity contribution in [3.63, 3.8) is 0 Å². The van der Waals surface area contributed by atoms with Crippen LogP contribution in [-0.4, -0.2) is 40.1 Å². The number of carbonyl (C=O) groups is 1. The Labute approximate surface area is 177 Å². The van der Waals surface area contributed by atoms with E-state index in [0.29, 0.717) is 22.5 Å². The number of hydrogen-bond donors (Lipinski definition) is 1. The van der Waals surface area contributed by atoms with Crippen molar-refractivity contribution in [2.75, 3.05) is 19.4 Å². The Morgan fingerprint density at radius 2 is 2.00 bits per heavy atom. The van der Waals surface area contributed by atoms with Gasteiger partial charge in [-0.15, -0.1) is 10.2 Å². The van der Waals surface area contributed by atoms with E-state index < -0.39 is 0 Å². The molecule has 0 atom stereocenters. The Kier molecular flexibility index (Phi) is 7.11. The van der Waals surface area contributed by atoms with Gasteiger partial charge in [-0.25, -0.2) is 0 Å². The van der Waals surface area contributed by atoms with Crippen LogP contribution in [0, 0.1) is 11.3 Å². The molecule has 3 aromatic rings. The summed E-state index contributed by atoms with van der Waals surface area (Å²) in [5.74, 6) is 1.29. The number of halogens is 1. The lowest BCUT2D eigenvalue weighted by atomic mass is 10.2. The van der Waals surface area contributed by atoms with Gasteiger partial charge in [0.25, 0.3) is 0 Å². The molecule has 0 saturated heterocycles. The van der Waals surface area contributed by atoms with E-state index in [-0.39, 0.29) is 18.1 Å². The summed E-state index contributed by atoms with van der Waals surface area (Å²) in [5, 5.41) is 21.0. The first-order valence-corrected chi connectivity index (χ1v) is 10.1. The first kappa shape index (κ1) is 20.7. The number of thioether (sulfide) groups is 1. The van der Waals surface area contributed by atoms with Crippen LogP contribution >= 0.6 is 23.4 Å². The summed E-state index contributed by atoms with van der Waals surface area (Å²) >= 11 is 7.63. The average Bonchev–Trinajstić information content (AvgIpc) is 3.16. The van der Waals surface area contributed by atoms with Crippen LogP contribution in [-0.2, 0) is 4.79 Å². The molecular formula is C20H18ClN5O2S. The molecular weight excluding hydrogens is 410 g/mol. The normalized spacial score (nSPS) is 10.4. The zero-order valence-corrected chi connectivity index (χ0v) is 17.2. The fraction of sp³-hybridized carbons (Fsp3) is 0.200. The van der Waals surface area contributed by atoms with Crippen molar-refractivity contribution in [2.24, 2.45) is 0 Å². The van der Waals surface area contributed by atoms with Gasteiger partial charge in [-0.05, 0) is 36.4 Å². The molecule has 29 heavy (non-hydrogen) atoms. The van der Waals surface area contributed by atoms with E-state index in [4.69, 9.17) is 21.6 Å². The molecule has 0 aliphatic carbocycles. The Morgan fingerprint density at radius 1 is 1.24 bits per heavy atom. The van der Waals surface area contributed by atoms with Crippen molar-refractivity contribution < 1.29 is 9.53 Å². The molecule has 1 N–H and O–H groups in total. The molecule has 1 amide bonds. The highest BCUT2D eigenvalue weighted by atomic mass is 35.5. The van der Waals surface area contributed by atoms with Gasteiger partial charge in [0, 0.05) is 17.8 Å². The Hall–Kier alpha value is -3.02. The third-order valence-corrected chi connectivity index (χ3v) is 5.23. The summed E-state index contributed by atoms with van der Waals surface area (Å²) in [6.45, 7) is 0.325. The third-order valence-electron chi connectivity index (χ3n) is 3.97. The highest BCUT2D eigenvalue weighted by Gasteiger charge is 2.19. The summed E-state index contributed by atoms with van der Waals surface area (Å²) in [6, 6.07) is 16.8. The van der Waals surface area contributed by atoms with E-state index in [0.717, 1.165) is 17.0 Å². The molecule has 0 spiro atoms. The molecule has 1 aromatic heterocycles. The van der Waals surface area contributed by atoms with Crippen LogP contribution in [0.5, 0.6) is 5.75 Å². The molecule has 0 unspecified atom stereocenters. The van der Waals surface area contributed by atoms with E-state index in [1.807, 2.05) is 53.1 Å². The van der Waals surface area contributed by atoms with Gasteiger partial charge in [-0.2, -0.15) is 5.26 Å². The first-order valence-electron chi connectivity index (χ1n) is 8.75. The van der Waals surface area contributed by atoms with Crippen molar-refractivity contribution in [3.05, 3.63) is 53.6 Å². The van der Waals surface area contributed by atoms with Gasteiger partial charge < -0.3 is 10.1 Å². The van der Waals surface area contributed by atoms with Crippen LogP contribution in [0.2, 0.25) is 5.02 Å². The number of carbonyl (C=O) groups excluding carboxylic acids is 1. The molecule has 9 heteroatoms. The van der Waals surface area contributed by atoms with Gasteiger partial charge in [0.15, 0.2) is 11.0 Å². The van der Waals surface area contributed by atoms with Crippen molar-refractivity contribution in [1.82, 2.24) is 20.1 Å². The maximum Gasteiger partial charge on any atom is 0.230 e. The second-order valence-electron chi connectivity index (χ2n) is 5.87. The largest absolute Gasteiger partial charge is 0.497 e. The van der Waals surface area contributed by atoms with Gasteiger partial charge in [-0.3, -0.25) is 9.36 Å². The van der Waals surface area contributed by atoms with Crippen LogP contribution in [0.4, 0.5) is 0 Å². The van der Waals surface area contributed by atoms with Crippen molar-refractivity contribution in [2.45, 2.75) is 11.6 Å². The van der Waals surface area contributed by atoms with Crippen LogP contribution in [0.3, 0.4) is 0 Å². The minimum atomic E-state index is -0.172. The summed E-state index contributed by atoms with van der Waals surface area (Å²) < 4.78 is 7.09. The topological polar surface area (TPSA) is 92.8 Å². The van der Waals surface area contributed by atoms with E-state index >= 15 is 0 Å². The summed E-state index contributed by atoms with van der Waals surface area (Å²) in [4.78, 5) is 12.0. The second-order valence-corrected chi connectivity index (χ2v) is 7.22. The molecule has 0 aliphatic rings. The number of hydrogen-bond acceptors (Lipinski definition) is 6. The lowest BCUT2D eigenvalue weighted by molar-refractivity contribution is -0.118. The number of methoxy groups -OCH3 is 1. The molecule has 7 nitrogen and oxygen atoms in total. The number of nitrogens with one attached hydrogen (secondary N) is 1. The molecule has 0 bridgehead atoms. The van der Waals surface area contributed by atoms with Gasteiger partial charge in [-0.1, -0.05) is 35.5 Å². The average molecular weight is 428 g/mol. The Bertz CT molecular complexity index is 1030. The maximum atomic E-state index is 12.0. The smallest absolute Gasteiger partial charge is 0.230 e. The zero-order chi connectivity index (χ0) is 20.6. The van der Waals surface area contributed by atoms with E-state index in [9.17, 15) is 4.79 Å². The second kappa shape index (κ2) is 9.96. The zero-order valence-electron chi connectivity index (χ0n) is 15.6. The predicted octanol–water partition coefficient (Wildman–Crippen LogP) is 3.72. The number of ether oxygens (including phenoxy) is 1. The number of nitrogens with zero attached hydrogens (tertiary/aromatic N) is 4. The SMILES string of the molecule is COc1ccc(-n2c(SCC(=O)NCCC#N)nnc2-c2ccccc2Cl)cc1. The van der Waals surface area contributed by atoms with E-state index in [1.165, 1.54) is 11.8 Å².